The van der Waals surface area contributed by atoms with Crippen LogP contribution in [0.3, 0.4) is 0 Å². The highest BCUT2D eigenvalue weighted by Crippen LogP contribution is 2.31. The van der Waals surface area contributed by atoms with Crippen LogP contribution in [0.2, 0.25) is 0 Å². The maximum Gasteiger partial charge on any atom is 0.141 e. The van der Waals surface area contributed by atoms with Gasteiger partial charge in [-0.05, 0) is 51.5 Å². The highest BCUT2D eigenvalue weighted by atomic mass is 16.5. The summed E-state index contributed by atoms with van der Waals surface area (Å²) in [7, 11) is 0. The van der Waals surface area contributed by atoms with Crippen molar-refractivity contribution in [3.63, 3.8) is 0 Å². The number of nitrogens with zero attached hydrogens (tertiary/aromatic N) is 2. The van der Waals surface area contributed by atoms with Gasteiger partial charge in [0.05, 0.1) is 17.6 Å². The zero-order valence-electron chi connectivity index (χ0n) is 14.1. The van der Waals surface area contributed by atoms with Gasteiger partial charge in [-0.3, -0.25) is 0 Å². The molecule has 0 aliphatic heterocycles. The third kappa shape index (κ3) is 2.77. The number of rotatable bonds is 4. The fourth-order valence-corrected chi connectivity index (χ4v) is 2.84. The van der Waals surface area contributed by atoms with Gasteiger partial charge in [0, 0.05) is 23.4 Å². The number of nitrogen functional groups attached to an aromatic ring is 1. The van der Waals surface area contributed by atoms with E-state index in [0.29, 0.717) is 12.6 Å². The monoisotopic (exact) mass is 309 g/mol. The molecule has 0 fully saturated rings. The SMILES string of the molecule is CCOc1ccc2c(c1)nc(-c1ccc(C)c(N)c1)n2C(C)C. The Bertz CT molecular complexity index is 849. The molecule has 120 valence electrons. The molecule has 0 spiro atoms. The fraction of sp³-hybridized carbons (Fsp3) is 0.316. The van der Waals surface area contributed by atoms with Crippen LogP contribution < -0.4 is 10.5 Å². The van der Waals surface area contributed by atoms with Crippen LogP contribution in [0, 0.1) is 6.92 Å². The standard InChI is InChI=1S/C19H23N3O/c1-5-23-15-8-9-18-17(11-15)21-19(22(18)12(2)3)14-7-6-13(4)16(20)10-14/h6-12H,5,20H2,1-4H3. The summed E-state index contributed by atoms with van der Waals surface area (Å²) in [6.45, 7) is 8.98. The quantitative estimate of drug-likeness (QED) is 0.718. The first-order valence-corrected chi connectivity index (χ1v) is 8.02. The number of imidazole rings is 1. The molecule has 23 heavy (non-hydrogen) atoms. The number of hydrogen-bond donors (Lipinski definition) is 1. The zero-order valence-corrected chi connectivity index (χ0v) is 14.1. The Labute approximate surface area is 136 Å². The number of anilines is 1. The Morgan fingerprint density at radius 1 is 1.17 bits per heavy atom. The van der Waals surface area contributed by atoms with Crippen LogP contribution in [0.25, 0.3) is 22.4 Å². The Morgan fingerprint density at radius 2 is 1.96 bits per heavy atom. The van der Waals surface area contributed by atoms with E-state index < -0.39 is 0 Å². The van der Waals surface area contributed by atoms with Gasteiger partial charge < -0.3 is 15.0 Å². The van der Waals surface area contributed by atoms with E-state index in [1.54, 1.807) is 0 Å². The summed E-state index contributed by atoms with van der Waals surface area (Å²) in [5.74, 6) is 1.79. The molecular weight excluding hydrogens is 286 g/mol. The van der Waals surface area contributed by atoms with Crippen molar-refractivity contribution >= 4 is 16.7 Å². The lowest BCUT2D eigenvalue weighted by molar-refractivity contribution is 0.340. The van der Waals surface area contributed by atoms with Crippen LogP contribution in [-0.4, -0.2) is 16.2 Å². The topological polar surface area (TPSA) is 53.1 Å². The second-order valence-electron chi connectivity index (χ2n) is 6.05. The average Bonchev–Trinajstić information content (AvgIpc) is 2.89. The first-order valence-electron chi connectivity index (χ1n) is 8.02. The third-order valence-corrected chi connectivity index (χ3v) is 4.03. The summed E-state index contributed by atoms with van der Waals surface area (Å²) in [6.07, 6.45) is 0. The molecule has 0 bridgehead atoms. The first kappa shape index (κ1) is 15.4. The molecule has 1 aromatic heterocycles. The predicted octanol–water partition coefficient (Wildman–Crippen LogP) is 4.57. The molecular formula is C19H23N3O. The summed E-state index contributed by atoms with van der Waals surface area (Å²) in [5.41, 5.74) is 11.0. The molecule has 0 saturated carbocycles. The second kappa shape index (κ2) is 5.95. The molecule has 4 heteroatoms. The van der Waals surface area contributed by atoms with Gasteiger partial charge in [-0.2, -0.15) is 0 Å². The van der Waals surface area contributed by atoms with Crippen molar-refractivity contribution in [1.82, 2.24) is 9.55 Å². The molecule has 2 aromatic carbocycles. The van der Waals surface area contributed by atoms with Crippen LogP contribution in [0.5, 0.6) is 5.75 Å². The zero-order chi connectivity index (χ0) is 16.6. The molecule has 0 amide bonds. The van der Waals surface area contributed by atoms with E-state index in [1.807, 2.05) is 38.1 Å². The highest BCUT2D eigenvalue weighted by molar-refractivity contribution is 5.82. The van der Waals surface area contributed by atoms with E-state index in [0.717, 1.165) is 39.4 Å². The Kier molecular flexibility index (Phi) is 3.99. The van der Waals surface area contributed by atoms with Gasteiger partial charge in [-0.25, -0.2) is 4.98 Å². The van der Waals surface area contributed by atoms with Gasteiger partial charge in [0.15, 0.2) is 0 Å². The van der Waals surface area contributed by atoms with Crippen LogP contribution in [-0.2, 0) is 0 Å². The summed E-state index contributed by atoms with van der Waals surface area (Å²) >= 11 is 0. The lowest BCUT2D eigenvalue weighted by Gasteiger charge is -2.14. The third-order valence-electron chi connectivity index (χ3n) is 4.03. The van der Waals surface area contributed by atoms with Gasteiger partial charge in [-0.1, -0.05) is 12.1 Å². The summed E-state index contributed by atoms with van der Waals surface area (Å²) in [6, 6.07) is 12.5. The summed E-state index contributed by atoms with van der Waals surface area (Å²) < 4.78 is 7.84. The molecule has 3 aromatic rings. The molecule has 0 unspecified atom stereocenters. The maximum atomic E-state index is 6.09. The van der Waals surface area contributed by atoms with Crippen LogP contribution >= 0.6 is 0 Å². The van der Waals surface area contributed by atoms with Crippen molar-refractivity contribution in [3.05, 3.63) is 42.0 Å². The smallest absolute Gasteiger partial charge is 0.141 e. The van der Waals surface area contributed by atoms with Gasteiger partial charge in [0.1, 0.15) is 11.6 Å². The van der Waals surface area contributed by atoms with E-state index >= 15 is 0 Å². The molecule has 0 radical (unpaired) electrons. The van der Waals surface area contributed by atoms with Crippen molar-refractivity contribution in [1.29, 1.82) is 0 Å². The molecule has 0 saturated heterocycles. The largest absolute Gasteiger partial charge is 0.494 e. The number of nitrogens with two attached hydrogens (primary N) is 1. The average molecular weight is 309 g/mol. The minimum atomic E-state index is 0.301. The van der Waals surface area contributed by atoms with Crippen molar-refractivity contribution in [2.45, 2.75) is 33.7 Å². The Hall–Kier alpha value is -2.49. The van der Waals surface area contributed by atoms with E-state index in [4.69, 9.17) is 15.5 Å². The van der Waals surface area contributed by atoms with Gasteiger partial charge in [0.25, 0.3) is 0 Å². The normalized spacial score (nSPS) is 11.3. The number of ether oxygens (including phenoxy) is 1. The van der Waals surface area contributed by atoms with Crippen molar-refractivity contribution < 1.29 is 4.74 Å². The lowest BCUT2D eigenvalue weighted by atomic mass is 10.1. The van der Waals surface area contributed by atoms with Gasteiger partial charge >= 0.3 is 0 Å². The minimum absolute atomic E-state index is 0.301. The molecule has 0 aliphatic carbocycles. The van der Waals surface area contributed by atoms with Crippen molar-refractivity contribution in [2.75, 3.05) is 12.3 Å². The predicted molar refractivity (Wildman–Crippen MR) is 95.9 cm³/mol. The second-order valence-corrected chi connectivity index (χ2v) is 6.05. The number of aryl methyl sites for hydroxylation is 1. The molecule has 3 rings (SSSR count). The van der Waals surface area contributed by atoms with Crippen molar-refractivity contribution in [3.8, 4) is 17.1 Å². The van der Waals surface area contributed by atoms with Gasteiger partial charge in [-0.15, -0.1) is 0 Å². The number of fused-ring (bicyclic) bond motifs is 1. The van der Waals surface area contributed by atoms with E-state index in [-0.39, 0.29) is 0 Å². The molecule has 1 heterocycles. The van der Waals surface area contributed by atoms with E-state index in [9.17, 15) is 0 Å². The molecule has 0 aliphatic rings. The summed E-state index contributed by atoms with van der Waals surface area (Å²) in [5, 5.41) is 0. The van der Waals surface area contributed by atoms with Crippen LogP contribution in [0.1, 0.15) is 32.4 Å². The number of benzene rings is 2. The Morgan fingerprint density at radius 3 is 2.61 bits per heavy atom. The van der Waals surface area contributed by atoms with E-state index in [1.165, 1.54) is 0 Å². The minimum Gasteiger partial charge on any atom is -0.494 e. The van der Waals surface area contributed by atoms with Crippen molar-refractivity contribution in [2.24, 2.45) is 0 Å². The Balaban J connectivity index is 2.22. The van der Waals surface area contributed by atoms with Gasteiger partial charge in [0.2, 0.25) is 0 Å². The fourth-order valence-electron chi connectivity index (χ4n) is 2.84. The highest BCUT2D eigenvalue weighted by Gasteiger charge is 2.16. The number of hydrogen-bond acceptors (Lipinski definition) is 3. The molecule has 0 atom stereocenters. The number of aromatic nitrogens is 2. The molecule has 2 N–H and O–H groups in total. The van der Waals surface area contributed by atoms with Crippen LogP contribution in [0.15, 0.2) is 36.4 Å². The van der Waals surface area contributed by atoms with Crippen LogP contribution in [0.4, 0.5) is 5.69 Å². The van der Waals surface area contributed by atoms with E-state index in [2.05, 4.69) is 30.5 Å². The lowest BCUT2D eigenvalue weighted by Crippen LogP contribution is -2.03. The maximum absolute atomic E-state index is 6.09. The molecule has 4 nitrogen and oxygen atoms in total. The first-order chi connectivity index (χ1) is 11.0. The summed E-state index contributed by atoms with van der Waals surface area (Å²) in [4.78, 5) is 4.85.